The zero-order valence-electron chi connectivity index (χ0n) is 10.0. The van der Waals surface area contributed by atoms with Gasteiger partial charge in [-0.2, -0.15) is 0 Å². The summed E-state index contributed by atoms with van der Waals surface area (Å²) in [7, 11) is 0. The molecule has 0 aliphatic heterocycles. The Bertz CT molecular complexity index is 368. The molecule has 1 rings (SSSR count). The Morgan fingerprint density at radius 2 is 2.18 bits per heavy atom. The summed E-state index contributed by atoms with van der Waals surface area (Å²) in [5.41, 5.74) is 1.44. The molecule has 1 N–H and O–H groups in total. The number of halogens is 1. The van der Waals surface area contributed by atoms with Gasteiger partial charge in [-0.3, -0.25) is 4.79 Å². The number of aldehydes is 1. The predicted molar refractivity (Wildman–Crippen MR) is 71.0 cm³/mol. The van der Waals surface area contributed by atoms with Crippen molar-refractivity contribution in [2.24, 2.45) is 0 Å². The van der Waals surface area contributed by atoms with Gasteiger partial charge in [-0.05, 0) is 24.6 Å². The van der Waals surface area contributed by atoms with Crippen LogP contribution in [0, 0.1) is 0 Å². The van der Waals surface area contributed by atoms with E-state index < -0.39 is 0 Å². The highest BCUT2D eigenvalue weighted by Gasteiger charge is 2.07. The van der Waals surface area contributed by atoms with Crippen molar-refractivity contribution in [1.29, 1.82) is 0 Å². The molecule has 0 fully saturated rings. The van der Waals surface area contributed by atoms with Crippen molar-refractivity contribution < 1.29 is 9.90 Å². The second-order valence-corrected chi connectivity index (χ2v) is 4.30. The first-order valence-electron chi connectivity index (χ1n) is 5.83. The average molecular weight is 256 g/mol. The molecule has 0 saturated heterocycles. The normalized spacial score (nSPS) is 10.3. The lowest BCUT2D eigenvalue weighted by atomic mass is 10.2. The van der Waals surface area contributed by atoms with E-state index in [4.69, 9.17) is 16.7 Å². The molecule has 1 aromatic rings. The molecule has 94 valence electrons. The van der Waals surface area contributed by atoms with Gasteiger partial charge in [-0.1, -0.05) is 24.9 Å². The predicted octanol–water partition coefficient (Wildman–Crippen LogP) is 2.75. The molecule has 3 nitrogen and oxygen atoms in total. The largest absolute Gasteiger partial charge is 0.395 e. The molecule has 0 aliphatic carbocycles. The third kappa shape index (κ3) is 4.02. The van der Waals surface area contributed by atoms with Gasteiger partial charge in [0.2, 0.25) is 0 Å². The van der Waals surface area contributed by atoms with E-state index in [9.17, 15) is 4.79 Å². The van der Waals surface area contributed by atoms with Crippen molar-refractivity contribution >= 4 is 23.6 Å². The summed E-state index contributed by atoms with van der Waals surface area (Å²) in [5.74, 6) is 0. The summed E-state index contributed by atoms with van der Waals surface area (Å²) in [5, 5.41) is 9.49. The number of unbranched alkanes of at least 4 members (excludes halogenated alkanes) is 1. The quantitative estimate of drug-likeness (QED) is 0.762. The number of aliphatic hydroxyl groups is 1. The molecule has 1 aromatic carbocycles. The van der Waals surface area contributed by atoms with Crippen LogP contribution in [0.2, 0.25) is 5.02 Å². The number of hydrogen-bond donors (Lipinski definition) is 1. The maximum absolute atomic E-state index is 10.7. The fourth-order valence-electron chi connectivity index (χ4n) is 1.65. The standard InChI is InChI=1S/C13H18ClNO2/c1-2-3-6-15(7-8-16)12-5-4-11(10-17)13(14)9-12/h4-5,9-10,16H,2-3,6-8H2,1H3. The average Bonchev–Trinajstić information content (AvgIpc) is 2.34. The van der Waals surface area contributed by atoms with Gasteiger partial charge in [0.15, 0.2) is 6.29 Å². The van der Waals surface area contributed by atoms with E-state index in [2.05, 4.69) is 11.8 Å². The van der Waals surface area contributed by atoms with Crippen molar-refractivity contribution in [3.8, 4) is 0 Å². The minimum atomic E-state index is 0.108. The van der Waals surface area contributed by atoms with Crippen LogP contribution in [0.3, 0.4) is 0 Å². The molecule has 0 saturated carbocycles. The lowest BCUT2D eigenvalue weighted by Crippen LogP contribution is -2.27. The van der Waals surface area contributed by atoms with Crippen LogP contribution in [0.15, 0.2) is 18.2 Å². The Hall–Kier alpha value is -1.06. The second kappa shape index (κ2) is 7.30. The van der Waals surface area contributed by atoms with Gasteiger partial charge >= 0.3 is 0 Å². The number of carbonyl (C=O) groups is 1. The van der Waals surface area contributed by atoms with E-state index in [0.29, 0.717) is 17.1 Å². The first-order valence-corrected chi connectivity index (χ1v) is 6.21. The van der Waals surface area contributed by atoms with Gasteiger partial charge in [0.1, 0.15) is 0 Å². The molecule has 17 heavy (non-hydrogen) atoms. The molecule has 4 heteroatoms. The van der Waals surface area contributed by atoms with E-state index >= 15 is 0 Å². The summed E-state index contributed by atoms with van der Waals surface area (Å²) >= 11 is 5.99. The molecule has 0 spiro atoms. The van der Waals surface area contributed by atoms with E-state index in [1.54, 1.807) is 12.1 Å². The fourth-order valence-corrected chi connectivity index (χ4v) is 1.87. The van der Waals surface area contributed by atoms with E-state index in [1.807, 2.05) is 6.07 Å². The zero-order chi connectivity index (χ0) is 12.7. The number of hydrogen-bond acceptors (Lipinski definition) is 3. The number of rotatable bonds is 7. The van der Waals surface area contributed by atoms with Crippen LogP contribution in [-0.4, -0.2) is 31.1 Å². The first-order chi connectivity index (χ1) is 8.22. The van der Waals surface area contributed by atoms with Crippen LogP contribution in [0.25, 0.3) is 0 Å². The van der Waals surface area contributed by atoms with Gasteiger partial charge in [0.05, 0.1) is 11.6 Å². The van der Waals surface area contributed by atoms with Crippen molar-refractivity contribution in [2.75, 3.05) is 24.6 Å². The van der Waals surface area contributed by atoms with Gasteiger partial charge in [-0.15, -0.1) is 0 Å². The molecular weight excluding hydrogens is 238 g/mol. The Labute approximate surface area is 107 Å². The molecule has 0 amide bonds. The molecule has 0 aromatic heterocycles. The monoisotopic (exact) mass is 255 g/mol. The SMILES string of the molecule is CCCCN(CCO)c1ccc(C=O)c(Cl)c1. The Kier molecular flexibility index (Phi) is 6.01. The van der Waals surface area contributed by atoms with Crippen LogP contribution in [-0.2, 0) is 0 Å². The van der Waals surface area contributed by atoms with Crippen LogP contribution < -0.4 is 4.90 Å². The first kappa shape index (κ1) is 14.0. The minimum Gasteiger partial charge on any atom is -0.395 e. The summed E-state index contributed by atoms with van der Waals surface area (Å²) in [6.07, 6.45) is 2.91. The second-order valence-electron chi connectivity index (χ2n) is 3.89. The smallest absolute Gasteiger partial charge is 0.151 e. The Morgan fingerprint density at radius 3 is 2.71 bits per heavy atom. The summed E-state index contributed by atoms with van der Waals surface area (Å²) in [6.45, 7) is 3.70. The van der Waals surface area contributed by atoms with Crippen molar-refractivity contribution in [3.63, 3.8) is 0 Å². The maximum Gasteiger partial charge on any atom is 0.151 e. The molecule has 0 unspecified atom stereocenters. The van der Waals surface area contributed by atoms with Gasteiger partial charge in [-0.25, -0.2) is 0 Å². The fraction of sp³-hybridized carbons (Fsp3) is 0.462. The number of benzene rings is 1. The number of aliphatic hydroxyl groups excluding tert-OH is 1. The maximum atomic E-state index is 10.7. The minimum absolute atomic E-state index is 0.108. The summed E-state index contributed by atoms with van der Waals surface area (Å²) in [4.78, 5) is 12.7. The topological polar surface area (TPSA) is 40.5 Å². The highest BCUT2D eigenvalue weighted by atomic mass is 35.5. The van der Waals surface area contributed by atoms with Gasteiger partial charge in [0.25, 0.3) is 0 Å². The molecular formula is C13H18ClNO2. The third-order valence-electron chi connectivity index (χ3n) is 2.63. The molecule has 0 atom stereocenters. The van der Waals surface area contributed by atoms with Gasteiger partial charge < -0.3 is 10.0 Å². The summed E-state index contributed by atoms with van der Waals surface area (Å²) in [6, 6.07) is 5.35. The van der Waals surface area contributed by atoms with Crippen LogP contribution in [0.5, 0.6) is 0 Å². The molecule has 0 aliphatic rings. The van der Waals surface area contributed by atoms with E-state index in [0.717, 1.165) is 31.4 Å². The summed E-state index contributed by atoms with van der Waals surface area (Å²) < 4.78 is 0. The lowest BCUT2D eigenvalue weighted by Gasteiger charge is -2.24. The van der Waals surface area contributed by atoms with E-state index in [-0.39, 0.29) is 6.61 Å². The number of nitrogens with zero attached hydrogens (tertiary/aromatic N) is 1. The van der Waals surface area contributed by atoms with Crippen LogP contribution >= 0.6 is 11.6 Å². The number of anilines is 1. The van der Waals surface area contributed by atoms with Crippen molar-refractivity contribution in [1.82, 2.24) is 0 Å². The molecule has 0 heterocycles. The Morgan fingerprint density at radius 1 is 1.41 bits per heavy atom. The molecule has 0 radical (unpaired) electrons. The third-order valence-corrected chi connectivity index (χ3v) is 2.95. The zero-order valence-corrected chi connectivity index (χ0v) is 10.8. The van der Waals surface area contributed by atoms with Crippen LogP contribution in [0.4, 0.5) is 5.69 Å². The highest BCUT2D eigenvalue weighted by molar-refractivity contribution is 6.33. The molecule has 0 bridgehead atoms. The van der Waals surface area contributed by atoms with E-state index in [1.165, 1.54) is 0 Å². The lowest BCUT2D eigenvalue weighted by molar-refractivity contribution is 0.112. The highest BCUT2D eigenvalue weighted by Crippen LogP contribution is 2.23. The number of carbonyl (C=O) groups excluding carboxylic acids is 1. The van der Waals surface area contributed by atoms with Crippen molar-refractivity contribution in [3.05, 3.63) is 28.8 Å². The van der Waals surface area contributed by atoms with Crippen molar-refractivity contribution in [2.45, 2.75) is 19.8 Å². The van der Waals surface area contributed by atoms with Crippen LogP contribution in [0.1, 0.15) is 30.1 Å². The Balaban J connectivity index is 2.85. The van der Waals surface area contributed by atoms with Gasteiger partial charge in [0, 0.05) is 24.3 Å².